The molecule has 1 aliphatic carbocycles. The molecule has 0 radical (unpaired) electrons. The molecule has 17 heteroatoms. The van der Waals surface area contributed by atoms with E-state index in [9.17, 15) is 36.8 Å². The number of hydrogen-bond acceptors (Lipinski definition) is 9. The Labute approximate surface area is 270 Å². The molecule has 47 heavy (non-hydrogen) atoms. The molecule has 2 saturated heterocycles. The molecule has 2 atom stereocenters. The largest absolute Gasteiger partial charge is 0.449 e. The smallest absolute Gasteiger partial charge is 0.421 e. The van der Waals surface area contributed by atoms with Crippen molar-refractivity contribution in [2.75, 3.05) is 38.6 Å². The summed E-state index contributed by atoms with van der Waals surface area (Å²) in [5.41, 5.74) is 0.535. The molecule has 252 valence electrons. The van der Waals surface area contributed by atoms with Gasteiger partial charge in [0.2, 0.25) is 11.5 Å². The maximum atomic E-state index is 13.8. The van der Waals surface area contributed by atoms with Crippen LogP contribution in [0, 0.1) is 5.82 Å². The number of aryl methyl sites for hydroxylation is 1. The molecule has 2 aromatic carbocycles. The predicted octanol–water partition coefficient (Wildman–Crippen LogP) is 2.18. The number of nitrogens with one attached hydrogen (secondary N) is 3. The molecular formula is C30H35FN6O9S. The summed E-state index contributed by atoms with van der Waals surface area (Å²) in [6.07, 6.45) is -0.811. The predicted molar refractivity (Wildman–Crippen MR) is 163 cm³/mol. The van der Waals surface area contributed by atoms with E-state index in [4.69, 9.17) is 9.47 Å². The average Bonchev–Trinajstić information content (AvgIpc) is 3.71. The fraction of sp³-hybridized carbons (Fsp3) is 0.433. The van der Waals surface area contributed by atoms with Gasteiger partial charge < -0.3 is 25.0 Å². The number of amides is 6. The molecular weight excluding hydrogens is 639 g/mol. The highest BCUT2D eigenvalue weighted by Gasteiger charge is 2.58. The molecule has 2 fully saturated rings. The molecule has 3 aliphatic rings. The Morgan fingerprint density at radius 3 is 2.60 bits per heavy atom. The lowest BCUT2D eigenvalue weighted by Crippen LogP contribution is -2.51. The molecule has 1 spiro atoms. The third-order valence-electron chi connectivity index (χ3n) is 8.33. The van der Waals surface area contributed by atoms with E-state index in [1.165, 1.54) is 43.1 Å². The van der Waals surface area contributed by atoms with Crippen molar-refractivity contribution < 1.29 is 46.3 Å². The summed E-state index contributed by atoms with van der Waals surface area (Å²) in [7, 11) is -2.85. The third kappa shape index (κ3) is 7.00. The first kappa shape index (κ1) is 33.6. The number of urea groups is 1. The molecule has 2 aliphatic heterocycles. The van der Waals surface area contributed by atoms with Gasteiger partial charge in [-0.1, -0.05) is 18.2 Å². The Morgan fingerprint density at radius 2 is 1.89 bits per heavy atom. The van der Waals surface area contributed by atoms with E-state index in [2.05, 4.69) is 10.6 Å². The first-order valence-electron chi connectivity index (χ1n) is 15.0. The van der Waals surface area contributed by atoms with Crippen LogP contribution in [0.1, 0.15) is 42.9 Å². The van der Waals surface area contributed by atoms with Crippen molar-refractivity contribution in [3.05, 3.63) is 65.0 Å². The zero-order valence-corrected chi connectivity index (χ0v) is 26.6. The average molecular weight is 675 g/mol. The quantitative estimate of drug-likeness (QED) is 0.340. The van der Waals surface area contributed by atoms with Crippen molar-refractivity contribution in [3.8, 4) is 0 Å². The van der Waals surface area contributed by atoms with E-state index in [1.54, 1.807) is 18.2 Å². The Kier molecular flexibility index (Phi) is 9.67. The van der Waals surface area contributed by atoms with E-state index in [0.717, 1.165) is 9.21 Å². The summed E-state index contributed by atoms with van der Waals surface area (Å²) in [6, 6.07) is 9.06. The van der Waals surface area contributed by atoms with Gasteiger partial charge in [0, 0.05) is 50.4 Å². The minimum atomic E-state index is -4.32. The number of ether oxygens (including phenoxy) is 2. The fourth-order valence-electron chi connectivity index (χ4n) is 6.11. The number of carbonyl (C=O) groups excluding carboxylic acids is 5. The van der Waals surface area contributed by atoms with Gasteiger partial charge in [-0.15, -0.1) is 0 Å². The van der Waals surface area contributed by atoms with Crippen LogP contribution in [0.3, 0.4) is 0 Å². The van der Waals surface area contributed by atoms with E-state index >= 15 is 0 Å². The maximum absolute atomic E-state index is 13.8. The minimum Gasteiger partial charge on any atom is -0.449 e. The number of fused-ring (bicyclic) bond motifs is 2. The molecule has 0 saturated carbocycles. The van der Waals surface area contributed by atoms with E-state index in [0.29, 0.717) is 41.6 Å². The van der Waals surface area contributed by atoms with Crippen LogP contribution >= 0.6 is 0 Å². The van der Waals surface area contributed by atoms with Gasteiger partial charge in [-0.2, -0.15) is 12.7 Å². The van der Waals surface area contributed by atoms with Crippen LogP contribution in [0.15, 0.2) is 42.5 Å². The molecule has 2 aromatic rings. The topological polar surface area (TPSA) is 184 Å². The van der Waals surface area contributed by atoms with E-state index in [1.807, 2.05) is 4.72 Å². The van der Waals surface area contributed by atoms with Gasteiger partial charge in [-0.3, -0.25) is 9.59 Å². The number of anilines is 1. The lowest BCUT2D eigenvalue weighted by atomic mass is 9.94. The zero-order valence-electron chi connectivity index (χ0n) is 25.8. The second-order valence-corrected chi connectivity index (χ2v) is 12.9. The normalized spacial score (nSPS) is 20.6. The van der Waals surface area contributed by atoms with Crippen molar-refractivity contribution in [1.29, 1.82) is 0 Å². The number of benzene rings is 2. The van der Waals surface area contributed by atoms with Crippen molar-refractivity contribution >= 4 is 45.9 Å². The van der Waals surface area contributed by atoms with Crippen molar-refractivity contribution in [2.24, 2.45) is 0 Å². The van der Waals surface area contributed by atoms with Gasteiger partial charge in [0.1, 0.15) is 12.4 Å². The standard InChI is InChI=1S/C30H35FN6O9S/c1-3-45-28(41)34-47(43,44)37-14-4-5-23(37)17-35(16-19-6-8-21(31)9-7-19)25(38)18-36-26(39)30(46-29(36)42)13-12-20-15-22(10-11-24(20)30)33-27(40)32-2/h6-11,15,23H,3-5,12-14,16-18H2,1-2H3,(H,34,41)(H2,32,33,40)/t23?,30-/m1/s1. The van der Waals surface area contributed by atoms with Crippen molar-refractivity contribution in [3.63, 3.8) is 0 Å². The van der Waals surface area contributed by atoms with Crippen LogP contribution in [0.25, 0.3) is 0 Å². The van der Waals surface area contributed by atoms with Crippen LogP contribution in [-0.2, 0) is 47.8 Å². The highest BCUT2D eigenvalue weighted by Crippen LogP contribution is 2.46. The summed E-state index contributed by atoms with van der Waals surface area (Å²) in [5, 5.41) is 5.11. The molecule has 6 amide bonds. The Hall–Kier alpha value is -4.77. The highest BCUT2D eigenvalue weighted by atomic mass is 32.2. The molecule has 3 N–H and O–H groups in total. The van der Waals surface area contributed by atoms with Gasteiger partial charge in [-0.25, -0.2) is 28.4 Å². The van der Waals surface area contributed by atoms with Crippen LogP contribution < -0.4 is 15.4 Å². The van der Waals surface area contributed by atoms with Crippen molar-refractivity contribution in [1.82, 2.24) is 24.1 Å². The van der Waals surface area contributed by atoms with Gasteiger partial charge in [0.15, 0.2) is 0 Å². The van der Waals surface area contributed by atoms with Crippen molar-refractivity contribution in [2.45, 2.75) is 50.8 Å². The van der Waals surface area contributed by atoms with Crippen LogP contribution in [-0.4, -0.2) is 91.9 Å². The first-order chi connectivity index (χ1) is 22.4. The number of halogens is 1. The molecule has 1 unspecified atom stereocenters. The summed E-state index contributed by atoms with van der Waals surface area (Å²) in [6.45, 7) is 0.656. The minimum absolute atomic E-state index is 0.0365. The van der Waals surface area contributed by atoms with Crippen LogP contribution in [0.2, 0.25) is 0 Å². The highest BCUT2D eigenvalue weighted by molar-refractivity contribution is 7.87. The molecule has 0 aromatic heterocycles. The summed E-state index contributed by atoms with van der Waals surface area (Å²) in [5.74, 6) is -1.89. The first-order valence-corrected chi connectivity index (χ1v) is 16.5. The molecule has 0 bridgehead atoms. The van der Waals surface area contributed by atoms with E-state index < -0.39 is 64.2 Å². The number of nitrogens with zero attached hydrogens (tertiary/aromatic N) is 3. The second-order valence-electron chi connectivity index (χ2n) is 11.3. The Balaban J connectivity index is 1.35. The second kappa shape index (κ2) is 13.5. The Morgan fingerprint density at radius 1 is 1.15 bits per heavy atom. The van der Waals surface area contributed by atoms with Crippen LogP contribution in [0.5, 0.6) is 0 Å². The SMILES string of the molecule is CCOC(=O)NS(=O)(=O)N1CCCC1CN(Cc1ccc(F)cc1)C(=O)CN1C(=O)O[C@@]2(CCc3cc(NC(=O)NC)ccc32)C1=O. The number of rotatable bonds is 10. The lowest BCUT2D eigenvalue weighted by Gasteiger charge is -2.31. The number of carbonyl (C=O) groups is 5. The van der Waals surface area contributed by atoms with Gasteiger partial charge >= 0.3 is 28.4 Å². The fourth-order valence-corrected chi connectivity index (χ4v) is 7.43. The summed E-state index contributed by atoms with van der Waals surface area (Å²) < 4.78 is 52.9. The molecule has 15 nitrogen and oxygen atoms in total. The Bertz CT molecular complexity index is 1690. The zero-order chi connectivity index (χ0) is 33.9. The van der Waals surface area contributed by atoms with E-state index in [-0.39, 0.29) is 32.7 Å². The van der Waals surface area contributed by atoms with Crippen LogP contribution in [0.4, 0.5) is 24.5 Å². The summed E-state index contributed by atoms with van der Waals surface area (Å²) >= 11 is 0. The summed E-state index contributed by atoms with van der Waals surface area (Å²) in [4.78, 5) is 66.4. The van der Waals surface area contributed by atoms with Gasteiger partial charge in [0.05, 0.1) is 6.61 Å². The number of imide groups is 1. The molecule has 5 rings (SSSR count). The maximum Gasteiger partial charge on any atom is 0.421 e. The monoisotopic (exact) mass is 674 g/mol. The third-order valence-corrected chi connectivity index (χ3v) is 9.85. The van der Waals surface area contributed by atoms with Gasteiger partial charge in [0.25, 0.3) is 5.91 Å². The molecule has 2 heterocycles. The van der Waals surface area contributed by atoms with Gasteiger partial charge in [-0.05, 0) is 61.6 Å². The lowest BCUT2D eigenvalue weighted by molar-refractivity contribution is -0.142. The number of hydrogen-bond donors (Lipinski definition) is 3.